The highest BCUT2D eigenvalue weighted by atomic mass is 79.9. The van der Waals surface area contributed by atoms with E-state index >= 15 is 0 Å². The molecule has 11 heteroatoms. The lowest BCUT2D eigenvalue weighted by Crippen LogP contribution is -2.39. The van der Waals surface area contributed by atoms with E-state index in [9.17, 15) is 21.6 Å². The van der Waals surface area contributed by atoms with E-state index in [2.05, 4.69) is 21.2 Å². The number of anilines is 1. The summed E-state index contributed by atoms with van der Waals surface area (Å²) in [5.74, 6) is -0.563. The third-order valence-corrected chi connectivity index (χ3v) is 8.05. The molecule has 0 saturated carbocycles. The van der Waals surface area contributed by atoms with Crippen molar-refractivity contribution in [3.8, 4) is 0 Å². The highest BCUT2D eigenvalue weighted by Gasteiger charge is 2.26. The first kappa shape index (κ1) is 25.1. The SMILES string of the molecule is NS(=O)(=O)c1ccc(NC(=O)CN(CCc2ccccc2)S(=O)(=O)c2ccc(Br)cc2)cc1. The highest BCUT2D eigenvalue weighted by Crippen LogP contribution is 2.20. The van der Waals surface area contributed by atoms with Gasteiger partial charge in [-0.1, -0.05) is 46.3 Å². The summed E-state index contributed by atoms with van der Waals surface area (Å²) >= 11 is 3.29. The number of primary sulfonamides is 1. The first-order valence-electron chi connectivity index (χ1n) is 9.78. The Morgan fingerprint density at radius 2 is 1.42 bits per heavy atom. The van der Waals surface area contributed by atoms with Gasteiger partial charge in [0.05, 0.1) is 16.3 Å². The second kappa shape index (κ2) is 10.6. The Hall–Kier alpha value is -2.57. The number of nitrogens with zero attached hydrogens (tertiary/aromatic N) is 1. The smallest absolute Gasteiger partial charge is 0.243 e. The van der Waals surface area contributed by atoms with Gasteiger partial charge in [0.1, 0.15) is 0 Å². The number of nitrogens with two attached hydrogens (primary N) is 1. The third kappa shape index (κ3) is 6.95. The number of carbonyl (C=O) groups is 1. The lowest BCUT2D eigenvalue weighted by Gasteiger charge is -2.22. The predicted molar refractivity (Wildman–Crippen MR) is 129 cm³/mol. The topological polar surface area (TPSA) is 127 Å². The lowest BCUT2D eigenvalue weighted by atomic mass is 10.1. The molecule has 3 aromatic carbocycles. The van der Waals surface area contributed by atoms with E-state index in [0.717, 1.165) is 14.3 Å². The number of amides is 1. The largest absolute Gasteiger partial charge is 0.325 e. The van der Waals surface area contributed by atoms with E-state index in [4.69, 9.17) is 5.14 Å². The van der Waals surface area contributed by atoms with Gasteiger partial charge in [0, 0.05) is 16.7 Å². The van der Waals surface area contributed by atoms with Crippen LogP contribution in [0.3, 0.4) is 0 Å². The van der Waals surface area contributed by atoms with E-state index in [1.807, 2.05) is 30.3 Å². The van der Waals surface area contributed by atoms with Crippen LogP contribution < -0.4 is 10.5 Å². The molecule has 33 heavy (non-hydrogen) atoms. The molecule has 8 nitrogen and oxygen atoms in total. The fraction of sp³-hybridized carbons (Fsp3) is 0.136. The molecule has 3 aromatic rings. The van der Waals surface area contributed by atoms with Crippen molar-refractivity contribution in [3.63, 3.8) is 0 Å². The van der Waals surface area contributed by atoms with Gasteiger partial charge in [-0.2, -0.15) is 4.31 Å². The van der Waals surface area contributed by atoms with Crippen molar-refractivity contribution in [2.75, 3.05) is 18.4 Å². The minimum Gasteiger partial charge on any atom is -0.325 e. The fourth-order valence-corrected chi connectivity index (χ4v) is 5.20. The van der Waals surface area contributed by atoms with E-state index in [1.54, 1.807) is 12.1 Å². The third-order valence-electron chi connectivity index (χ3n) is 4.73. The van der Waals surface area contributed by atoms with Crippen molar-refractivity contribution >= 4 is 47.6 Å². The monoisotopic (exact) mass is 551 g/mol. The summed E-state index contributed by atoms with van der Waals surface area (Å²) in [6.07, 6.45) is 0.424. The molecule has 1 amide bonds. The molecule has 0 atom stereocenters. The Kier molecular flexibility index (Phi) is 8.03. The predicted octanol–water partition coefficient (Wildman–Crippen LogP) is 2.97. The van der Waals surface area contributed by atoms with Crippen LogP contribution in [0.25, 0.3) is 0 Å². The molecule has 0 radical (unpaired) electrons. The molecular formula is C22H22BrN3O5S2. The average molecular weight is 552 g/mol. The molecule has 0 aliphatic heterocycles. The van der Waals surface area contributed by atoms with Crippen LogP contribution in [0.1, 0.15) is 5.56 Å². The molecule has 0 unspecified atom stereocenters. The van der Waals surface area contributed by atoms with Crippen molar-refractivity contribution < 1.29 is 21.6 Å². The Morgan fingerprint density at radius 1 is 0.848 bits per heavy atom. The number of benzene rings is 3. The Morgan fingerprint density at radius 3 is 2.00 bits per heavy atom. The first-order chi connectivity index (χ1) is 15.6. The van der Waals surface area contributed by atoms with Crippen molar-refractivity contribution in [2.45, 2.75) is 16.2 Å². The van der Waals surface area contributed by atoms with Crippen LogP contribution in [0.5, 0.6) is 0 Å². The van der Waals surface area contributed by atoms with Crippen LogP contribution in [-0.2, 0) is 31.3 Å². The number of rotatable bonds is 9. The number of sulfonamides is 2. The standard InChI is InChI=1S/C22H22BrN3O5S2/c23-18-6-10-21(11-7-18)33(30,31)26(15-14-17-4-2-1-3-5-17)16-22(27)25-19-8-12-20(13-9-19)32(24,28)29/h1-13H,14-16H2,(H,25,27)(H2,24,28,29). The van der Waals surface area contributed by atoms with Crippen LogP contribution in [0.15, 0.2) is 93.1 Å². The van der Waals surface area contributed by atoms with E-state index in [-0.39, 0.29) is 16.3 Å². The molecular weight excluding hydrogens is 530 g/mol. The molecule has 174 valence electrons. The van der Waals surface area contributed by atoms with Crippen LogP contribution >= 0.6 is 15.9 Å². The maximum atomic E-state index is 13.3. The van der Waals surface area contributed by atoms with Gasteiger partial charge in [0.25, 0.3) is 0 Å². The number of carbonyl (C=O) groups excluding carboxylic acids is 1. The van der Waals surface area contributed by atoms with Crippen LogP contribution in [0.2, 0.25) is 0 Å². The quantitative estimate of drug-likeness (QED) is 0.422. The van der Waals surface area contributed by atoms with E-state index in [1.165, 1.54) is 36.4 Å². The fourth-order valence-electron chi connectivity index (χ4n) is 3.03. The molecule has 0 heterocycles. The van der Waals surface area contributed by atoms with Gasteiger partial charge in [-0.25, -0.2) is 22.0 Å². The molecule has 0 fully saturated rings. The minimum atomic E-state index is -3.95. The minimum absolute atomic E-state index is 0.0732. The first-order valence-corrected chi connectivity index (χ1v) is 13.6. The molecule has 3 N–H and O–H groups in total. The maximum absolute atomic E-state index is 13.3. The highest BCUT2D eigenvalue weighted by molar-refractivity contribution is 9.10. The van der Waals surface area contributed by atoms with E-state index in [0.29, 0.717) is 12.1 Å². The Labute approximate surface area is 201 Å². The number of hydrogen-bond acceptors (Lipinski definition) is 5. The molecule has 3 rings (SSSR count). The summed E-state index contributed by atoms with van der Waals surface area (Å²) in [4.78, 5) is 12.7. The summed E-state index contributed by atoms with van der Waals surface area (Å²) in [6.45, 7) is -0.317. The van der Waals surface area contributed by atoms with Crippen LogP contribution in [0, 0.1) is 0 Å². The second-order valence-corrected chi connectivity index (χ2v) is 11.6. The number of hydrogen-bond donors (Lipinski definition) is 2. The summed E-state index contributed by atoms with van der Waals surface area (Å²) < 4.78 is 51.1. The van der Waals surface area contributed by atoms with Gasteiger partial charge in [0.2, 0.25) is 26.0 Å². The van der Waals surface area contributed by atoms with Gasteiger partial charge in [0.15, 0.2) is 0 Å². The van der Waals surface area contributed by atoms with Crippen molar-refractivity contribution in [1.29, 1.82) is 0 Å². The van der Waals surface area contributed by atoms with Crippen LogP contribution in [0.4, 0.5) is 5.69 Å². The summed E-state index contributed by atoms with van der Waals surface area (Å²) in [6, 6.07) is 20.8. The zero-order valence-electron chi connectivity index (χ0n) is 17.4. The summed E-state index contributed by atoms with van der Waals surface area (Å²) in [5.41, 5.74) is 1.25. The lowest BCUT2D eigenvalue weighted by molar-refractivity contribution is -0.116. The Balaban J connectivity index is 1.79. The van der Waals surface area contributed by atoms with Gasteiger partial charge < -0.3 is 5.32 Å². The van der Waals surface area contributed by atoms with Crippen molar-refractivity contribution in [2.24, 2.45) is 5.14 Å². The zero-order valence-corrected chi connectivity index (χ0v) is 20.6. The van der Waals surface area contributed by atoms with Gasteiger partial charge in [-0.15, -0.1) is 0 Å². The zero-order chi connectivity index (χ0) is 24.1. The number of nitrogens with one attached hydrogen (secondary N) is 1. The molecule has 0 aliphatic rings. The van der Waals surface area contributed by atoms with E-state index < -0.39 is 32.5 Å². The molecule has 0 aliphatic carbocycles. The average Bonchev–Trinajstić information content (AvgIpc) is 2.77. The molecule has 0 bridgehead atoms. The Bertz CT molecular complexity index is 1310. The molecule has 0 spiro atoms. The van der Waals surface area contributed by atoms with Gasteiger partial charge in [-0.05, 0) is 60.5 Å². The summed E-state index contributed by atoms with van der Waals surface area (Å²) in [7, 11) is -7.80. The van der Waals surface area contributed by atoms with Crippen LogP contribution in [-0.4, -0.2) is 40.1 Å². The van der Waals surface area contributed by atoms with Gasteiger partial charge >= 0.3 is 0 Å². The van der Waals surface area contributed by atoms with Gasteiger partial charge in [-0.3, -0.25) is 4.79 Å². The normalized spacial score (nSPS) is 12.0. The second-order valence-electron chi connectivity index (χ2n) is 7.15. The molecule has 0 aromatic heterocycles. The van der Waals surface area contributed by atoms with Crippen molar-refractivity contribution in [3.05, 3.63) is 88.9 Å². The molecule has 0 saturated heterocycles. The number of halogens is 1. The summed E-state index contributed by atoms with van der Waals surface area (Å²) in [5, 5.41) is 7.67. The maximum Gasteiger partial charge on any atom is 0.243 e. The van der Waals surface area contributed by atoms with Crippen molar-refractivity contribution in [1.82, 2.24) is 4.31 Å².